The summed E-state index contributed by atoms with van der Waals surface area (Å²) < 4.78 is 0. The number of aromatic hydroxyl groups is 1. The quantitative estimate of drug-likeness (QED) is 0.190. The van der Waals surface area contributed by atoms with Crippen molar-refractivity contribution in [3.05, 3.63) is 119 Å². The topological polar surface area (TPSA) is 139 Å². The molecule has 0 heterocycles. The van der Waals surface area contributed by atoms with Gasteiger partial charge in [0.05, 0.1) is 17.1 Å². The van der Waals surface area contributed by atoms with Gasteiger partial charge in [0.15, 0.2) is 0 Å². The first kappa shape index (κ1) is 31.3. The van der Waals surface area contributed by atoms with Crippen LogP contribution in [-0.4, -0.2) is 5.11 Å². The van der Waals surface area contributed by atoms with E-state index in [9.17, 15) is 20.4 Å². The summed E-state index contributed by atoms with van der Waals surface area (Å²) >= 11 is 11.7. The number of rotatable bonds is 4. The maximum Gasteiger partial charge on any atom is 3.00 e. The fourth-order valence-electron chi connectivity index (χ4n) is 4.03. The third-order valence-electron chi connectivity index (χ3n) is 6.10. The maximum absolute atomic E-state index is 11.9. The third-order valence-corrected chi connectivity index (χ3v) is 6.57. The molecule has 214 valence electrons. The van der Waals surface area contributed by atoms with Crippen molar-refractivity contribution in [2.24, 2.45) is 20.5 Å². The van der Waals surface area contributed by atoms with E-state index in [0.717, 1.165) is 16.2 Å². The van der Waals surface area contributed by atoms with Gasteiger partial charge >= 0.3 is 16.8 Å². The van der Waals surface area contributed by atoms with Crippen molar-refractivity contribution in [1.82, 2.24) is 0 Å². The molecule has 0 radical (unpaired) electrons. The predicted molar refractivity (Wildman–Crippen MR) is 159 cm³/mol. The van der Waals surface area contributed by atoms with Crippen LogP contribution in [0.2, 0.25) is 10.0 Å². The fraction of sp³-hybridized carbons (Fsp3) is 0. The monoisotopic (exact) mass is 652 g/mol. The van der Waals surface area contributed by atoms with Gasteiger partial charge < -0.3 is 20.4 Å². The first-order valence-electron chi connectivity index (χ1n) is 12.5. The summed E-state index contributed by atoms with van der Waals surface area (Å²) in [5, 5.41) is 65.1. The smallest absolute Gasteiger partial charge is 0.871 e. The van der Waals surface area contributed by atoms with E-state index >= 15 is 0 Å². The van der Waals surface area contributed by atoms with Crippen LogP contribution in [0.25, 0.3) is 21.5 Å². The van der Waals surface area contributed by atoms with E-state index in [1.807, 2.05) is 42.5 Å². The number of phenolic OH excluding ortho intramolecular Hbond substituents is 1. The van der Waals surface area contributed by atoms with Gasteiger partial charge in [-0.15, -0.1) is 5.11 Å². The molecule has 8 nitrogen and oxygen atoms in total. The molecule has 0 atom stereocenters. The molecule has 11 heteroatoms. The molecular formula is C32H19Cl2CoN4O4. The molecule has 6 rings (SSSR count). The van der Waals surface area contributed by atoms with E-state index < -0.39 is 0 Å². The molecule has 0 aromatic heterocycles. The van der Waals surface area contributed by atoms with Crippen molar-refractivity contribution in [3.63, 3.8) is 0 Å². The van der Waals surface area contributed by atoms with Gasteiger partial charge in [0, 0.05) is 20.8 Å². The third kappa shape index (κ3) is 7.40. The Morgan fingerprint density at radius 1 is 0.488 bits per heavy atom. The molecule has 43 heavy (non-hydrogen) atoms. The van der Waals surface area contributed by atoms with Crippen LogP contribution in [0.5, 0.6) is 23.0 Å². The molecule has 0 bridgehead atoms. The number of phenols is 1. The van der Waals surface area contributed by atoms with Gasteiger partial charge in [-0.25, -0.2) is 0 Å². The normalized spacial score (nSPS) is 11.0. The van der Waals surface area contributed by atoms with E-state index in [4.69, 9.17) is 23.2 Å². The van der Waals surface area contributed by atoms with E-state index in [1.54, 1.807) is 24.3 Å². The summed E-state index contributed by atoms with van der Waals surface area (Å²) in [5.74, 6) is -0.808. The summed E-state index contributed by atoms with van der Waals surface area (Å²) in [6, 6.07) is 29.9. The summed E-state index contributed by atoms with van der Waals surface area (Å²) in [4.78, 5) is 0. The van der Waals surface area contributed by atoms with Gasteiger partial charge in [0.2, 0.25) is 0 Å². The van der Waals surface area contributed by atoms with Crippen molar-refractivity contribution >= 4 is 67.5 Å². The predicted octanol–water partition coefficient (Wildman–Crippen LogP) is 8.74. The zero-order valence-electron chi connectivity index (χ0n) is 21.9. The van der Waals surface area contributed by atoms with Crippen LogP contribution in [0, 0.1) is 0 Å². The van der Waals surface area contributed by atoms with Gasteiger partial charge in [-0.05, 0) is 41.1 Å². The van der Waals surface area contributed by atoms with Crippen LogP contribution in [0.1, 0.15) is 0 Å². The first-order valence-corrected chi connectivity index (χ1v) is 13.2. The average molecular weight is 653 g/mol. The molecule has 0 aliphatic heterocycles. The zero-order chi connectivity index (χ0) is 29.6. The van der Waals surface area contributed by atoms with E-state index in [-0.39, 0.29) is 56.8 Å². The van der Waals surface area contributed by atoms with Crippen molar-refractivity contribution in [1.29, 1.82) is 0 Å². The summed E-state index contributed by atoms with van der Waals surface area (Å²) in [5.41, 5.74) is 0.782. The molecule has 0 fully saturated rings. The second kappa shape index (κ2) is 14.0. The number of hydrogen-bond acceptors (Lipinski definition) is 8. The largest absolute Gasteiger partial charge is 3.00 e. The van der Waals surface area contributed by atoms with Crippen molar-refractivity contribution in [2.75, 3.05) is 0 Å². The number of benzene rings is 6. The molecule has 1 N–H and O–H groups in total. The minimum Gasteiger partial charge on any atom is -0.871 e. The standard InChI is InChI=1S/2C16H11ClN2O2.Co/c2*17-11-6-8-14(20)13(9-11)18-19-16-12-4-2-1-3-10(12)5-7-15(16)21;/h2*1-9,20-21H;/q;;+3/p-3. The molecule has 0 aliphatic rings. The average Bonchev–Trinajstić information content (AvgIpc) is 2.99. The Morgan fingerprint density at radius 3 is 1.49 bits per heavy atom. The van der Waals surface area contributed by atoms with E-state index in [1.165, 1.54) is 42.5 Å². The molecule has 0 unspecified atom stereocenters. The van der Waals surface area contributed by atoms with Crippen molar-refractivity contribution in [3.8, 4) is 23.0 Å². The molecule has 0 saturated carbocycles. The molecule has 0 aliphatic carbocycles. The molecule has 0 saturated heterocycles. The van der Waals surface area contributed by atoms with Crippen LogP contribution < -0.4 is 15.3 Å². The SMILES string of the molecule is [Co+3].[O-]c1ccc(Cl)cc1N=Nc1c(O)ccc2ccccc12.[O-]c1ccc(Cl)cc1N=Nc1c([O-])ccc2ccccc12. The number of azo groups is 2. The minimum absolute atomic E-state index is 0. The van der Waals surface area contributed by atoms with Gasteiger partial charge in [-0.3, -0.25) is 0 Å². The molecule has 6 aromatic rings. The Balaban J connectivity index is 0.000000192. The van der Waals surface area contributed by atoms with Crippen molar-refractivity contribution in [2.45, 2.75) is 0 Å². The van der Waals surface area contributed by atoms with Crippen LogP contribution in [0.15, 0.2) is 130 Å². The fourth-order valence-corrected chi connectivity index (χ4v) is 4.36. The number of hydrogen-bond donors (Lipinski definition) is 1. The van der Waals surface area contributed by atoms with Gasteiger partial charge in [0.25, 0.3) is 0 Å². The second-order valence-corrected chi connectivity index (χ2v) is 9.78. The number of nitrogens with zero attached hydrogens (tertiary/aromatic N) is 4. The van der Waals surface area contributed by atoms with Crippen LogP contribution in [-0.2, 0) is 16.8 Å². The Bertz CT molecular complexity index is 1840. The summed E-state index contributed by atoms with van der Waals surface area (Å²) in [6.45, 7) is 0. The zero-order valence-corrected chi connectivity index (χ0v) is 24.5. The van der Waals surface area contributed by atoms with E-state index in [2.05, 4.69) is 20.5 Å². The summed E-state index contributed by atoms with van der Waals surface area (Å²) in [6.07, 6.45) is 0. The van der Waals surface area contributed by atoms with Gasteiger partial charge in [0.1, 0.15) is 11.4 Å². The van der Waals surface area contributed by atoms with Crippen molar-refractivity contribution < 1.29 is 37.2 Å². The van der Waals surface area contributed by atoms with Crippen LogP contribution in [0.4, 0.5) is 22.7 Å². The van der Waals surface area contributed by atoms with Crippen LogP contribution in [0.3, 0.4) is 0 Å². The summed E-state index contributed by atoms with van der Waals surface area (Å²) in [7, 11) is 0. The molecule has 0 amide bonds. The number of fused-ring (bicyclic) bond motifs is 2. The molecule has 0 spiro atoms. The minimum atomic E-state index is -0.296. The van der Waals surface area contributed by atoms with Gasteiger partial charge in [-0.2, -0.15) is 15.3 Å². The first-order chi connectivity index (χ1) is 20.3. The Kier molecular flexibility index (Phi) is 10.2. The Labute approximate surface area is 266 Å². The maximum atomic E-state index is 11.9. The number of halogens is 2. The van der Waals surface area contributed by atoms with Gasteiger partial charge in [-0.1, -0.05) is 119 Å². The van der Waals surface area contributed by atoms with Crippen LogP contribution >= 0.6 is 23.2 Å². The Morgan fingerprint density at radius 2 is 0.930 bits per heavy atom. The second-order valence-electron chi connectivity index (χ2n) is 8.91. The van der Waals surface area contributed by atoms with E-state index in [0.29, 0.717) is 21.1 Å². The molecule has 6 aromatic carbocycles. The Hall–Kier alpha value is -4.67. The molecular weight excluding hydrogens is 634 g/mol.